The van der Waals surface area contributed by atoms with E-state index in [2.05, 4.69) is 11.9 Å². The molecule has 0 aromatic carbocycles. The second kappa shape index (κ2) is 5.64. The highest BCUT2D eigenvalue weighted by molar-refractivity contribution is 7.21. The third-order valence-electron chi connectivity index (χ3n) is 4.42. The van der Waals surface area contributed by atoms with Crippen molar-refractivity contribution in [1.29, 1.82) is 0 Å². The molecule has 0 spiro atoms. The van der Waals surface area contributed by atoms with E-state index in [0.29, 0.717) is 16.5 Å². The van der Waals surface area contributed by atoms with Gasteiger partial charge in [0.15, 0.2) is 0 Å². The van der Waals surface area contributed by atoms with Crippen molar-refractivity contribution in [2.75, 3.05) is 18.8 Å². The zero-order valence-corrected chi connectivity index (χ0v) is 13.4. The maximum Gasteiger partial charge on any atom is 0.266 e. The highest BCUT2D eigenvalue weighted by Gasteiger charge is 2.27. The Morgan fingerprint density at radius 2 is 2.38 bits per heavy atom. The fraction of sp³-hybridized carbons (Fsp3) is 0.500. The molecule has 1 saturated heterocycles. The molecule has 2 aromatic rings. The molecule has 1 aliphatic heterocycles. The van der Waals surface area contributed by atoms with Crippen LogP contribution in [0.25, 0.3) is 10.2 Å². The zero-order chi connectivity index (χ0) is 15.0. The molecule has 1 fully saturated rings. The van der Waals surface area contributed by atoms with Gasteiger partial charge in [-0.15, -0.1) is 11.3 Å². The summed E-state index contributed by atoms with van der Waals surface area (Å²) in [6.45, 7) is 5.90. The third kappa shape index (κ3) is 2.50. The quantitative estimate of drug-likeness (QED) is 0.924. The first kappa shape index (κ1) is 14.3. The van der Waals surface area contributed by atoms with Crippen LogP contribution in [0, 0.1) is 12.8 Å². The number of aryl methyl sites for hydroxylation is 1. The maximum atomic E-state index is 12.8. The van der Waals surface area contributed by atoms with Crippen LogP contribution in [-0.4, -0.2) is 28.9 Å². The molecule has 1 amide bonds. The first-order chi connectivity index (χ1) is 10.1. The molecule has 4 nitrogen and oxygen atoms in total. The molecule has 2 aromatic heterocycles. The molecule has 5 heteroatoms. The number of nitrogen functional groups attached to an aromatic ring is 1. The van der Waals surface area contributed by atoms with Crippen LogP contribution in [0.5, 0.6) is 0 Å². The summed E-state index contributed by atoms with van der Waals surface area (Å²) >= 11 is 1.42. The lowest BCUT2D eigenvalue weighted by molar-refractivity contribution is 0.0677. The van der Waals surface area contributed by atoms with Gasteiger partial charge in [0.25, 0.3) is 5.91 Å². The van der Waals surface area contributed by atoms with Gasteiger partial charge in [0.05, 0.1) is 5.69 Å². The molecule has 3 rings (SSSR count). The summed E-state index contributed by atoms with van der Waals surface area (Å²) in [5.74, 6) is 0.700. The average Bonchev–Trinajstić information content (AvgIpc) is 2.85. The smallest absolute Gasteiger partial charge is 0.266 e. The van der Waals surface area contributed by atoms with E-state index in [9.17, 15) is 4.79 Å². The lowest BCUT2D eigenvalue weighted by atomic mass is 9.95. The van der Waals surface area contributed by atoms with Gasteiger partial charge in [-0.25, -0.2) is 4.98 Å². The number of amides is 1. The summed E-state index contributed by atoms with van der Waals surface area (Å²) in [7, 11) is 0. The summed E-state index contributed by atoms with van der Waals surface area (Å²) in [5.41, 5.74) is 7.92. The summed E-state index contributed by atoms with van der Waals surface area (Å²) in [4.78, 5) is 20.6. The Hall–Kier alpha value is -1.62. The molecule has 0 radical (unpaired) electrons. The molecule has 0 saturated carbocycles. The summed E-state index contributed by atoms with van der Waals surface area (Å²) in [6.07, 6.45) is 5.22. The second-order valence-electron chi connectivity index (χ2n) is 5.82. The number of hydrogen-bond donors (Lipinski definition) is 1. The van der Waals surface area contributed by atoms with E-state index in [1.54, 1.807) is 6.20 Å². The third-order valence-corrected chi connectivity index (χ3v) is 5.52. The molecule has 3 heterocycles. The van der Waals surface area contributed by atoms with Crippen LogP contribution < -0.4 is 5.73 Å². The highest BCUT2D eigenvalue weighted by Crippen LogP contribution is 2.35. The van der Waals surface area contributed by atoms with Gasteiger partial charge >= 0.3 is 0 Å². The summed E-state index contributed by atoms with van der Waals surface area (Å²) in [6, 6.07) is 1.94. The molecule has 0 bridgehead atoms. The van der Waals surface area contributed by atoms with Gasteiger partial charge in [-0.2, -0.15) is 0 Å². The number of hydrogen-bond acceptors (Lipinski definition) is 4. The van der Waals surface area contributed by atoms with Crippen molar-refractivity contribution >= 4 is 33.1 Å². The zero-order valence-electron chi connectivity index (χ0n) is 12.6. The summed E-state index contributed by atoms with van der Waals surface area (Å²) in [5, 5.41) is 0.940. The van der Waals surface area contributed by atoms with Gasteiger partial charge in [-0.05, 0) is 37.3 Å². The Bertz CT molecular complexity index is 679. The Morgan fingerprint density at radius 1 is 1.57 bits per heavy atom. The molecule has 1 aliphatic rings. The molecule has 0 aliphatic carbocycles. The van der Waals surface area contributed by atoms with Crippen molar-refractivity contribution in [2.45, 2.75) is 33.1 Å². The van der Waals surface area contributed by atoms with Crippen molar-refractivity contribution in [3.63, 3.8) is 0 Å². The number of nitrogens with two attached hydrogens (primary N) is 1. The van der Waals surface area contributed by atoms with Crippen molar-refractivity contribution in [2.24, 2.45) is 5.92 Å². The molecule has 2 N–H and O–H groups in total. The molecule has 21 heavy (non-hydrogen) atoms. The predicted molar refractivity (Wildman–Crippen MR) is 87.7 cm³/mol. The van der Waals surface area contributed by atoms with E-state index < -0.39 is 0 Å². The number of carbonyl (C=O) groups excluding carboxylic acids is 1. The molecular formula is C16H21N3OS. The van der Waals surface area contributed by atoms with E-state index in [1.165, 1.54) is 17.8 Å². The van der Waals surface area contributed by atoms with Crippen molar-refractivity contribution in [1.82, 2.24) is 9.88 Å². The van der Waals surface area contributed by atoms with Crippen LogP contribution >= 0.6 is 11.3 Å². The molecule has 1 unspecified atom stereocenters. The van der Waals surface area contributed by atoms with Crippen LogP contribution in [0.2, 0.25) is 0 Å². The Labute approximate surface area is 129 Å². The largest absolute Gasteiger partial charge is 0.397 e. The number of thiophene rings is 1. The van der Waals surface area contributed by atoms with Crippen molar-refractivity contribution in [3.8, 4) is 0 Å². The minimum atomic E-state index is 0.0769. The number of aromatic nitrogens is 1. The van der Waals surface area contributed by atoms with Crippen molar-refractivity contribution < 1.29 is 4.79 Å². The summed E-state index contributed by atoms with van der Waals surface area (Å²) < 4.78 is 0. The molecule has 112 valence electrons. The SMILES string of the molecule is CCC1CCCN(C(=O)c2sc3nccc(C)c3c2N)C1. The highest BCUT2D eigenvalue weighted by atomic mass is 32.1. The van der Waals surface area contributed by atoms with E-state index in [1.807, 2.05) is 17.9 Å². The minimum Gasteiger partial charge on any atom is -0.397 e. The lowest BCUT2D eigenvalue weighted by Gasteiger charge is -2.32. The average molecular weight is 303 g/mol. The topological polar surface area (TPSA) is 59.2 Å². The van der Waals surface area contributed by atoms with Gasteiger partial charge < -0.3 is 10.6 Å². The fourth-order valence-electron chi connectivity index (χ4n) is 3.09. The van der Waals surface area contributed by atoms with Crippen LogP contribution in [0.3, 0.4) is 0 Å². The van der Waals surface area contributed by atoms with Gasteiger partial charge in [0.2, 0.25) is 0 Å². The number of fused-ring (bicyclic) bond motifs is 1. The maximum absolute atomic E-state index is 12.8. The standard InChI is InChI=1S/C16H21N3OS/c1-3-11-5-4-8-19(9-11)16(20)14-13(17)12-10(2)6-7-18-15(12)21-14/h6-7,11H,3-5,8-9,17H2,1-2H3. The fourth-order valence-corrected chi connectivity index (χ4v) is 4.20. The molecule has 1 atom stereocenters. The van der Waals surface area contributed by atoms with E-state index in [-0.39, 0.29) is 5.91 Å². The van der Waals surface area contributed by atoms with Crippen LogP contribution in [-0.2, 0) is 0 Å². The van der Waals surface area contributed by atoms with E-state index >= 15 is 0 Å². The van der Waals surface area contributed by atoms with Crippen LogP contribution in [0.1, 0.15) is 41.4 Å². The first-order valence-electron chi connectivity index (χ1n) is 7.54. The number of anilines is 1. The Balaban J connectivity index is 1.95. The number of pyridine rings is 1. The number of nitrogens with zero attached hydrogens (tertiary/aromatic N) is 2. The number of rotatable bonds is 2. The lowest BCUT2D eigenvalue weighted by Crippen LogP contribution is -2.39. The second-order valence-corrected chi connectivity index (χ2v) is 6.82. The van der Waals surface area contributed by atoms with Gasteiger partial charge in [0, 0.05) is 24.7 Å². The van der Waals surface area contributed by atoms with Crippen LogP contribution in [0.4, 0.5) is 5.69 Å². The normalized spacial score (nSPS) is 19.1. The first-order valence-corrected chi connectivity index (χ1v) is 8.36. The Morgan fingerprint density at radius 3 is 3.10 bits per heavy atom. The molecular weight excluding hydrogens is 282 g/mol. The van der Waals surface area contributed by atoms with E-state index in [4.69, 9.17) is 5.73 Å². The van der Waals surface area contributed by atoms with Gasteiger partial charge in [0.1, 0.15) is 9.71 Å². The van der Waals surface area contributed by atoms with E-state index in [0.717, 1.165) is 41.7 Å². The van der Waals surface area contributed by atoms with Crippen LogP contribution in [0.15, 0.2) is 12.3 Å². The van der Waals surface area contributed by atoms with Crippen molar-refractivity contribution in [3.05, 3.63) is 22.7 Å². The Kier molecular flexibility index (Phi) is 3.85. The monoisotopic (exact) mass is 303 g/mol. The number of likely N-dealkylation sites (tertiary alicyclic amines) is 1. The van der Waals surface area contributed by atoms with Gasteiger partial charge in [-0.3, -0.25) is 4.79 Å². The van der Waals surface area contributed by atoms with Gasteiger partial charge in [-0.1, -0.05) is 13.3 Å². The predicted octanol–water partition coefficient (Wildman–Crippen LogP) is 3.45. The number of piperidine rings is 1. The number of carbonyl (C=O) groups is 1. The minimum absolute atomic E-state index is 0.0769.